The van der Waals surface area contributed by atoms with Gasteiger partial charge in [-0.1, -0.05) is 26.3 Å². The van der Waals surface area contributed by atoms with Crippen LogP contribution in [0.25, 0.3) is 0 Å². The minimum atomic E-state index is -1.17. The van der Waals surface area contributed by atoms with Gasteiger partial charge in [0.25, 0.3) is 5.91 Å². The van der Waals surface area contributed by atoms with Gasteiger partial charge in [0.05, 0.1) is 23.0 Å². The van der Waals surface area contributed by atoms with Crippen LogP contribution in [0.5, 0.6) is 5.75 Å². The molecule has 1 heterocycles. The second-order valence-corrected chi connectivity index (χ2v) is 8.69. The Morgan fingerprint density at radius 2 is 2.00 bits per heavy atom. The van der Waals surface area contributed by atoms with E-state index in [9.17, 15) is 9.90 Å². The summed E-state index contributed by atoms with van der Waals surface area (Å²) in [6.07, 6.45) is 0.836. The molecular weight excluding hydrogens is 437 g/mol. The van der Waals surface area contributed by atoms with Crippen molar-refractivity contribution >= 4 is 28.8 Å². The average molecular weight is 472 g/mol. The molecule has 0 radical (unpaired) electrons. The maximum Gasteiger partial charge on any atom is 0.259 e. The van der Waals surface area contributed by atoms with E-state index >= 15 is 4.39 Å². The maximum absolute atomic E-state index is 15.3. The molecule has 0 aliphatic carbocycles. The predicted octanol–water partition coefficient (Wildman–Crippen LogP) is 4.60. The number of hydrazone groups is 1. The van der Waals surface area contributed by atoms with Gasteiger partial charge in [0.2, 0.25) is 6.35 Å². The molecule has 0 saturated heterocycles. The van der Waals surface area contributed by atoms with Gasteiger partial charge < -0.3 is 25.8 Å². The monoisotopic (exact) mass is 471 g/mol. The van der Waals surface area contributed by atoms with Crippen LogP contribution < -0.4 is 20.8 Å². The van der Waals surface area contributed by atoms with Crippen LogP contribution >= 0.6 is 0 Å². The molecule has 3 rings (SSSR count). The van der Waals surface area contributed by atoms with E-state index in [1.165, 1.54) is 11.1 Å². The van der Waals surface area contributed by atoms with Crippen molar-refractivity contribution < 1.29 is 19.0 Å². The molecule has 1 aliphatic rings. The minimum absolute atomic E-state index is 0.0177. The number of amidine groups is 1. The molecule has 34 heavy (non-hydrogen) atoms. The van der Waals surface area contributed by atoms with Crippen LogP contribution in [0.4, 0.5) is 21.5 Å². The highest BCUT2D eigenvalue weighted by Crippen LogP contribution is 2.35. The fraction of sp³-hybridized carbons (Fsp3) is 0.440. The highest BCUT2D eigenvalue weighted by atomic mass is 19.1. The molecule has 0 fully saturated rings. The Balaban J connectivity index is 2.04. The zero-order chi connectivity index (χ0) is 25.2. The number of nitrogens with two attached hydrogens (primary N) is 1. The first-order valence-electron chi connectivity index (χ1n) is 11.5. The van der Waals surface area contributed by atoms with Gasteiger partial charge in [-0.2, -0.15) is 5.10 Å². The summed E-state index contributed by atoms with van der Waals surface area (Å²) in [4.78, 5) is 14.8. The van der Waals surface area contributed by atoms with Crippen LogP contribution in [-0.2, 0) is 0 Å². The Kier molecular flexibility index (Phi) is 7.66. The van der Waals surface area contributed by atoms with Crippen LogP contribution in [-0.4, -0.2) is 41.3 Å². The number of carbonyl (C=O) groups excluding carboxylic acids is 1. The molecule has 4 N–H and O–H groups in total. The molecule has 2 atom stereocenters. The number of nitrogens with zero attached hydrogens (tertiary/aromatic N) is 3. The van der Waals surface area contributed by atoms with Crippen molar-refractivity contribution in [3.8, 4) is 5.75 Å². The topological polar surface area (TPSA) is 103 Å². The number of hydrogen-bond donors (Lipinski definition) is 3. The van der Waals surface area contributed by atoms with Crippen molar-refractivity contribution in [1.29, 1.82) is 0 Å². The van der Waals surface area contributed by atoms with Gasteiger partial charge in [-0.3, -0.25) is 4.79 Å². The van der Waals surface area contributed by atoms with Crippen molar-refractivity contribution in [2.45, 2.75) is 66.3 Å². The summed E-state index contributed by atoms with van der Waals surface area (Å²) in [6.45, 7) is 9.58. The molecule has 0 bridgehead atoms. The maximum atomic E-state index is 15.3. The lowest BCUT2D eigenvalue weighted by molar-refractivity contribution is 0.0794. The van der Waals surface area contributed by atoms with Crippen LogP contribution in [0.15, 0.2) is 29.4 Å². The lowest BCUT2D eigenvalue weighted by atomic mass is 10.1. The number of hydrogen-bond acceptors (Lipinski definition) is 7. The van der Waals surface area contributed by atoms with E-state index in [0.29, 0.717) is 23.6 Å². The minimum Gasteiger partial charge on any atom is -0.490 e. The summed E-state index contributed by atoms with van der Waals surface area (Å²) < 4.78 is 21.4. The second kappa shape index (κ2) is 10.3. The number of anilines is 3. The zero-order valence-corrected chi connectivity index (χ0v) is 20.6. The van der Waals surface area contributed by atoms with Gasteiger partial charge in [0.15, 0.2) is 0 Å². The van der Waals surface area contributed by atoms with Crippen LogP contribution in [0.2, 0.25) is 0 Å². The molecule has 0 aromatic heterocycles. The molecule has 2 aromatic rings. The molecule has 1 unspecified atom stereocenters. The van der Waals surface area contributed by atoms with Gasteiger partial charge in [-0.15, -0.1) is 0 Å². The summed E-state index contributed by atoms with van der Waals surface area (Å²) in [5.74, 6) is -0.434. The number of aliphatic hydroxyl groups excluding tert-OH is 1. The number of nitrogen functional groups attached to an aromatic ring is 1. The van der Waals surface area contributed by atoms with Crippen LogP contribution in [0.1, 0.15) is 61.5 Å². The fourth-order valence-corrected chi connectivity index (χ4v) is 4.07. The Bertz CT molecular complexity index is 1080. The molecule has 0 spiro atoms. The van der Waals surface area contributed by atoms with Gasteiger partial charge >= 0.3 is 0 Å². The lowest BCUT2D eigenvalue weighted by Crippen LogP contribution is -2.39. The number of rotatable bonds is 8. The van der Waals surface area contributed by atoms with Gasteiger partial charge in [0.1, 0.15) is 23.1 Å². The smallest absolute Gasteiger partial charge is 0.259 e. The third-order valence-corrected chi connectivity index (χ3v) is 5.82. The largest absolute Gasteiger partial charge is 0.490 e. The number of ether oxygens (including phenoxy) is 1. The van der Waals surface area contributed by atoms with E-state index in [-0.39, 0.29) is 23.1 Å². The Morgan fingerprint density at radius 3 is 2.59 bits per heavy atom. The average Bonchev–Trinajstić information content (AvgIpc) is 3.05. The molecule has 184 valence electrons. The van der Waals surface area contributed by atoms with Gasteiger partial charge in [0, 0.05) is 19.5 Å². The lowest BCUT2D eigenvalue weighted by Gasteiger charge is -2.25. The van der Waals surface area contributed by atoms with Gasteiger partial charge in [-0.05, 0) is 50.5 Å². The number of amides is 1. The first-order valence-corrected chi connectivity index (χ1v) is 11.5. The van der Waals surface area contributed by atoms with E-state index in [2.05, 4.69) is 10.4 Å². The molecule has 9 heteroatoms. The third kappa shape index (κ3) is 5.09. The number of carbonyl (C=O) groups is 1. The number of nitrogens with one attached hydrogen (secondary N) is 1. The van der Waals surface area contributed by atoms with E-state index in [1.807, 2.05) is 40.7 Å². The first-order chi connectivity index (χ1) is 16.1. The van der Waals surface area contributed by atoms with Crippen molar-refractivity contribution in [2.24, 2.45) is 5.10 Å². The van der Waals surface area contributed by atoms with E-state index < -0.39 is 18.1 Å². The highest BCUT2D eigenvalue weighted by molar-refractivity contribution is 6.08. The van der Waals surface area contributed by atoms with E-state index in [4.69, 9.17) is 10.5 Å². The standard InChI is InChI=1S/C25H34FN5O3/c1-7-9-16(5)34-21-13-20(31-25(33)30(6)22(8-2)29-31)18(26)12-17(21)24(32)28-23-15(4)10-14(3)11-19(23)27/h10-13,16,25,33H,7-9,27H2,1-6H3,(H,28,32)/t16-,25?/m0/s1. The summed E-state index contributed by atoms with van der Waals surface area (Å²) in [6, 6.07) is 6.21. The Hall–Kier alpha value is -3.33. The number of aryl methyl sites for hydroxylation is 2. The molecule has 8 nitrogen and oxygen atoms in total. The van der Waals surface area contributed by atoms with E-state index in [1.54, 1.807) is 18.0 Å². The van der Waals surface area contributed by atoms with Crippen LogP contribution in [0, 0.1) is 19.7 Å². The summed E-state index contributed by atoms with van der Waals surface area (Å²) in [5, 5.41) is 18.9. The fourth-order valence-electron chi connectivity index (χ4n) is 4.07. The van der Waals surface area contributed by atoms with Crippen molar-refractivity contribution in [1.82, 2.24) is 4.90 Å². The van der Waals surface area contributed by atoms with Crippen molar-refractivity contribution in [3.63, 3.8) is 0 Å². The Morgan fingerprint density at radius 1 is 1.29 bits per heavy atom. The predicted molar refractivity (Wildman–Crippen MR) is 134 cm³/mol. The SMILES string of the molecule is CCC[C@H](C)Oc1cc(N2N=C(CC)N(C)C2O)c(F)cc1C(=O)Nc1c(C)cc(C)cc1N. The number of aliphatic hydroxyl groups is 1. The van der Waals surface area contributed by atoms with Crippen molar-refractivity contribution in [3.05, 3.63) is 46.8 Å². The second-order valence-electron chi connectivity index (χ2n) is 8.69. The number of benzene rings is 2. The first kappa shape index (κ1) is 25.3. The summed E-state index contributed by atoms with van der Waals surface area (Å²) >= 11 is 0. The number of halogens is 1. The Labute approximate surface area is 200 Å². The third-order valence-electron chi connectivity index (χ3n) is 5.82. The quantitative estimate of drug-likeness (QED) is 0.487. The molecule has 1 aliphatic heterocycles. The molecular formula is C25H34FN5O3. The highest BCUT2D eigenvalue weighted by Gasteiger charge is 2.33. The molecule has 0 saturated carbocycles. The van der Waals surface area contributed by atoms with Crippen LogP contribution in [0.3, 0.4) is 0 Å². The summed E-state index contributed by atoms with van der Waals surface area (Å²) in [5.41, 5.74) is 8.85. The summed E-state index contributed by atoms with van der Waals surface area (Å²) in [7, 11) is 1.68. The zero-order valence-electron chi connectivity index (χ0n) is 20.6. The normalized spacial score (nSPS) is 16.5. The molecule has 2 aromatic carbocycles. The van der Waals surface area contributed by atoms with Crippen molar-refractivity contribution in [2.75, 3.05) is 23.1 Å². The van der Waals surface area contributed by atoms with E-state index in [0.717, 1.165) is 30.0 Å². The van der Waals surface area contributed by atoms with Gasteiger partial charge in [-0.25, -0.2) is 9.40 Å². The molecule has 1 amide bonds.